The number of nitrogens with one attached hydrogen (secondary N) is 1. The second-order valence-electron chi connectivity index (χ2n) is 4.35. The van der Waals surface area contributed by atoms with Crippen molar-refractivity contribution < 1.29 is 9.84 Å². The number of benzene rings is 2. The Balaban J connectivity index is 1.87. The molecule has 0 atom stereocenters. The van der Waals surface area contributed by atoms with Gasteiger partial charge in [0, 0.05) is 5.69 Å². The van der Waals surface area contributed by atoms with Crippen LogP contribution < -0.4 is 4.74 Å². The van der Waals surface area contributed by atoms with E-state index in [0.29, 0.717) is 10.6 Å². The summed E-state index contributed by atoms with van der Waals surface area (Å²) in [7, 11) is 0. The zero-order valence-corrected chi connectivity index (χ0v) is 11.9. The molecule has 0 saturated heterocycles. The predicted molar refractivity (Wildman–Crippen MR) is 81.2 cm³/mol. The van der Waals surface area contributed by atoms with Gasteiger partial charge >= 0.3 is 0 Å². The molecule has 21 heavy (non-hydrogen) atoms. The van der Waals surface area contributed by atoms with E-state index in [-0.39, 0.29) is 6.61 Å². The summed E-state index contributed by atoms with van der Waals surface area (Å²) in [6.07, 6.45) is 0. The van der Waals surface area contributed by atoms with Crippen molar-refractivity contribution in [3.63, 3.8) is 0 Å². The normalized spacial score (nSPS) is 10.5. The summed E-state index contributed by atoms with van der Waals surface area (Å²) < 4.78 is 7.85. The van der Waals surface area contributed by atoms with Crippen molar-refractivity contribution >= 4 is 12.2 Å². The monoisotopic (exact) mass is 299 g/mol. The average Bonchev–Trinajstić information content (AvgIpc) is 2.90. The molecule has 2 N–H and O–H groups in total. The summed E-state index contributed by atoms with van der Waals surface area (Å²) in [5.41, 5.74) is 0.818. The molecule has 3 rings (SSSR count). The van der Waals surface area contributed by atoms with Gasteiger partial charge in [-0.1, -0.05) is 18.2 Å². The predicted octanol–water partition coefficient (Wildman–Crippen LogP) is 3.21. The molecule has 2 aromatic carbocycles. The molecule has 0 spiro atoms. The van der Waals surface area contributed by atoms with Crippen LogP contribution in [0.4, 0.5) is 0 Å². The van der Waals surface area contributed by atoms with E-state index in [1.165, 1.54) is 0 Å². The lowest BCUT2D eigenvalue weighted by atomic mass is 10.3. The van der Waals surface area contributed by atoms with Gasteiger partial charge < -0.3 is 9.84 Å². The fourth-order valence-electron chi connectivity index (χ4n) is 1.99. The number of hydrogen-bond donors (Lipinski definition) is 2. The fraction of sp³-hybridized carbons (Fsp3) is 0.0667. The van der Waals surface area contributed by atoms with Gasteiger partial charge in [-0.15, -0.1) is 0 Å². The van der Waals surface area contributed by atoms with Crippen LogP contribution in [0.1, 0.15) is 5.82 Å². The Hall–Kier alpha value is -2.44. The minimum absolute atomic E-state index is 0.185. The van der Waals surface area contributed by atoms with Crippen molar-refractivity contribution in [3.05, 3.63) is 65.2 Å². The number of rotatable bonds is 4. The van der Waals surface area contributed by atoms with Crippen LogP contribution in [0.3, 0.4) is 0 Å². The summed E-state index contributed by atoms with van der Waals surface area (Å²) in [6.45, 7) is -0.185. The highest BCUT2D eigenvalue weighted by Gasteiger charge is 2.07. The summed E-state index contributed by atoms with van der Waals surface area (Å²) >= 11 is 5.16. The number of para-hydroxylation sites is 1. The highest BCUT2D eigenvalue weighted by atomic mass is 32.1. The minimum atomic E-state index is -0.185. The second kappa shape index (κ2) is 5.90. The molecule has 106 valence electrons. The van der Waals surface area contributed by atoms with Gasteiger partial charge in [0.25, 0.3) is 0 Å². The first kappa shape index (κ1) is 13.5. The van der Waals surface area contributed by atoms with Crippen LogP contribution in [0, 0.1) is 4.77 Å². The van der Waals surface area contributed by atoms with E-state index in [2.05, 4.69) is 10.2 Å². The molecule has 0 aliphatic heterocycles. The maximum Gasteiger partial charge on any atom is 0.199 e. The zero-order chi connectivity index (χ0) is 14.7. The van der Waals surface area contributed by atoms with Crippen molar-refractivity contribution in [1.82, 2.24) is 14.8 Å². The van der Waals surface area contributed by atoms with E-state index in [1.54, 1.807) is 4.57 Å². The Morgan fingerprint density at radius 1 is 1.05 bits per heavy atom. The summed E-state index contributed by atoms with van der Waals surface area (Å²) in [4.78, 5) is 0. The second-order valence-corrected chi connectivity index (χ2v) is 4.73. The number of aliphatic hydroxyl groups is 1. The third-order valence-electron chi connectivity index (χ3n) is 2.96. The van der Waals surface area contributed by atoms with E-state index in [4.69, 9.17) is 17.0 Å². The lowest BCUT2D eigenvalue weighted by Gasteiger charge is -2.08. The van der Waals surface area contributed by atoms with E-state index >= 15 is 0 Å². The van der Waals surface area contributed by atoms with Gasteiger partial charge in [-0.3, -0.25) is 9.67 Å². The first-order valence-corrected chi connectivity index (χ1v) is 6.79. The summed E-state index contributed by atoms with van der Waals surface area (Å²) in [5.74, 6) is 1.98. The highest BCUT2D eigenvalue weighted by Crippen LogP contribution is 2.22. The van der Waals surface area contributed by atoms with Gasteiger partial charge in [0.15, 0.2) is 10.6 Å². The molecule has 0 saturated carbocycles. The van der Waals surface area contributed by atoms with Crippen LogP contribution in [0.15, 0.2) is 54.6 Å². The van der Waals surface area contributed by atoms with Crippen molar-refractivity contribution in [3.8, 4) is 17.2 Å². The summed E-state index contributed by atoms with van der Waals surface area (Å²) in [5, 5.41) is 15.9. The third-order valence-corrected chi connectivity index (χ3v) is 3.23. The minimum Gasteiger partial charge on any atom is -0.457 e. The topological polar surface area (TPSA) is 63.1 Å². The molecular formula is C15H13N3O2S. The maximum atomic E-state index is 9.27. The number of aromatic amines is 1. The number of hydrogen-bond acceptors (Lipinski definition) is 4. The molecule has 0 aliphatic carbocycles. The molecular weight excluding hydrogens is 286 g/mol. The molecule has 0 radical (unpaired) electrons. The average molecular weight is 299 g/mol. The van der Waals surface area contributed by atoms with Crippen LogP contribution in [0.25, 0.3) is 5.69 Å². The number of aromatic nitrogens is 3. The van der Waals surface area contributed by atoms with Gasteiger partial charge in [-0.25, -0.2) is 0 Å². The highest BCUT2D eigenvalue weighted by molar-refractivity contribution is 7.71. The van der Waals surface area contributed by atoms with Crippen molar-refractivity contribution in [2.75, 3.05) is 0 Å². The van der Waals surface area contributed by atoms with Crippen molar-refractivity contribution in [2.24, 2.45) is 0 Å². The zero-order valence-electron chi connectivity index (χ0n) is 11.1. The van der Waals surface area contributed by atoms with Gasteiger partial charge in [0.2, 0.25) is 0 Å². The van der Waals surface area contributed by atoms with Crippen LogP contribution in [0.5, 0.6) is 11.5 Å². The number of ether oxygens (including phenoxy) is 1. The smallest absolute Gasteiger partial charge is 0.199 e. The van der Waals surface area contributed by atoms with E-state index in [1.807, 2.05) is 54.6 Å². The standard InChI is InChI=1S/C15H13N3O2S/c19-10-14-16-17-15(21)18(14)11-6-8-13(9-7-11)20-12-4-2-1-3-5-12/h1-9,19H,10H2,(H,17,21). The SMILES string of the molecule is OCc1n[nH]c(=S)n1-c1ccc(Oc2ccccc2)cc1. The fourth-order valence-corrected chi connectivity index (χ4v) is 2.25. The molecule has 1 aromatic heterocycles. The lowest BCUT2D eigenvalue weighted by Crippen LogP contribution is -2.01. The first-order chi connectivity index (χ1) is 10.3. The Morgan fingerprint density at radius 3 is 2.38 bits per heavy atom. The van der Waals surface area contributed by atoms with Crippen LogP contribution >= 0.6 is 12.2 Å². The summed E-state index contributed by atoms with van der Waals surface area (Å²) in [6, 6.07) is 17.0. The van der Waals surface area contributed by atoms with E-state index in [0.717, 1.165) is 17.2 Å². The molecule has 0 bridgehead atoms. The Bertz CT molecular complexity index is 779. The Labute approximate surface area is 126 Å². The van der Waals surface area contributed by atoms with Gasteiger partial charge in [0.1, 0.15) is 18.1 Å². The third kappa shape index (κ3) is 2.86. The molecule has 0 fully saturated rings. The molecule has 0 unspecified atom stereocenters. The lowest BCUT2D eigenvalue weighted by molar-refractivity contribution is 0.269. The van der Waals surface area contributed by atoms with Gasteiger partial charge in [-0.05, 0) is 48.6 Å². The molecule has 1 heterocycles. The quantitative estimate of drug-likeness (QED) is 0.726. The van der Waals surface area contributed by atoms with E-state index < -0.39 is 0 Å². The molecule has 6 heteroatoms. The van der Waals surface area contributed by atoms with Crippen LogP contribution in [-0.4, -0.2) is 19.9 Å². The number of nitrogens with zero attached hydrogens (tertiary/aromatic N) is 2. The maximum absolute atomic E-state index is 9.27. The Kier molecular flexibility index (Phi) is 3.81. The molecule has 0 amide bonds. The van der Waals surface area contributed by atoms with Crippen molar-refractivity contribution in [1.29, 1.82) is 0 Å². The molecule has 0 aliphatic rings. The van der Waals surface area contributed by atoms with Gasteiger partial charge in [0.05, 0.1) is 0 Å². The Morgan fingerprint density at radius 2 is 1.71 bits per heavy atom. The van der Waals surface area contributed by atoms with Crippen LogP contribution in [-0.2, 0) is 6.61 Å². The van der Waals surface area contributed by atoms with Crippen LogP contribution in [0.2, 0.25) is 0 Å². The number of aliphatic hydroxyl groups excluding tert-OH is 1. The molecule has 5 nitrogen and oxygen atoms in total. The number of H-pyrrole nitrogens is 1. The first-order valence-electron chi connectivity index (χ1n) is 6.38. The van der Waals surface area contributed by atoms with Crippen molar-refractivity contribution in [2.45, 2.75) is 6.61 Å². The largest absolute Gasteiger partial charge is 0.457 e. The molecule has 3 aromatic rings. The van der Waals surface area contributed by atoms with E-state index in [9.17, 15) is 5.11 Å². The van der Waals surface area contributed by atoms with Gasteiger partial charge in [-0.2, -0.15) is 5.10 Å².